The minimum absolute atomic E-state index is 0.0192. The summed E-state index contributed by atoms with van der Waals surface area (Å²) in [7, 11) is -3.54. The number of nitrogens with one attached hydrogen (secondary N) is 2. The number of sulfonamides is 1. The van der Waals surface area contributed by atoms with E-state index in [1.54, 1.807) is 25.1 Å². The Bertz CT molecular complexity index is 692. The number of amides is 1. The summed E-state index contributed by atoms with van der Waals surface area (Å²) >= 11 is 0. The quantitative estimate of drug-likeness (QED) is 0.890. The third-order valence-electron chi connectivity index (χ3n) is 4.88. The van der Waals surface area contributed by atoms with Gasteiger partial charge in [-0.25, -0.2) is 13.1 Å². The molecule has 0 aromatic heterocycles. The summed E-state index contributed by atoms with van der Waals surface area (Å²) in [4.78, 5) is 12.0. The van der Waals surface area contributed by atoms with Crippen molar-refractivity contribution >= 4 is 21.6 Å². The number of rotatable bonds is 3. The van der Waals surface area contributed by atoms with Crippen LogP contribution in [-0.4, -0.2) is 20.4 Å². The maximum absolute atomic E-state index is 12.7. The van der Waals surface area contributed by atoms with E-state index in [1.165, 1.54) is 19.3 Å². The van der Waals surface area contributed by atoms with Crippen molar-refractivity contribution in [3.63, 3.8) is 0 Å². The van der Waals surface area contributed by atoms with Gasteiger partial charge in [-0.2, -0.15) is 0 Å². The molecule has 1 aliphatic carbocycles. The Morgan fingerprint density at radius 1 is 1.09 bits per heavy atom. The highest BCUT2D eigenvalue weighted by atomic mass is 32.2. The first-order chi connectivity index (χ1) is 11.0. The molecule has 23 heavy (non-hydrogen) atoms. The summed E-state index contributed by atoms with van der Waals surface area (Å²) in [6.45, 7) is 1.79. The van der Waals surface area contributed by atoms with Gasteiger partial charge < -0.3 is 5.32 Å². The molecule has 3 rings (SSSR count). The Kier molecular flexibility index (Phi) is 4.73. The molecule has 1 fully saturated rings. The van der Waals surface area contributed by atoms with Gasteiger partial charge in [-0.15, -0.1) is 0 Å². The van der Waals surface area contributed by atoms with Gasteiger partial charge in [0, 0.05) is 11.7 Å². The van der Waals surface area contributed by atoms with Gasteiger partial charge in [0.2, 0.25) is 15.9 Å². The Labute approximate surface area is 137 Å². The van der Waals surface area contributed by atoms with Crippen molar-refractivity contribution < 1.29 is 13.2 Å². The highest BCUT2D eigenvalue weighted by Gasteiger charge is 2.29. The van der Waals surface area contributed by atoms with Gasteiger partial charge in [0.25, 0.3) is 0 Å². The summed E-state index contributed by atoms with van der Waals surface area (Å²) in [5, 5.41) is 2.77. The van der Waals surface area contributed by atoms with Crippen molar-refractivity contribution in [1.29, 1.82) is 0 Å². The number of carbonyl (C=O) groups excluding carboxylic acids is 1. The third-order valence-corrected chi connectivity index (χ3v) is 6.40. The minimum Gasteiger partial charge on any atom is -0.325 e. The standard InChI is InChI=1S/C17H24N2O3S/c1-12-15-11-14(9-10-16(15)18-17(12)20)23(21,22)19-13-7-5-3-2-4-6-8-13/h9-13,19H,2-8H2,1H3,(H,18,20)/t12-/m1/s1. The molecule has 1 aromatic rings. The van der Waals surface area contributed by atoms with E-state index in [2.05, 4.69) is 10.0 Å². The summed E-state index contributed by atoms with van der Waals surface area (Å²) < 4.78 is 28.2. The average molecular weight is 336 g/mol. The second-order valence-corrected chi connectivity index (χ2v) is 8.34. The third kappa shape index (κ3) is 3.58. The van der Waals surface area contributed by atoms with Crippen LogP contribution >= 0.6 is 0 Å². The Morgan fingerprint density at radius 2 is 1.74 bits per heavy atom. The molecule has 126 valence electrons. The van der Waals surface area contributed by atoms with E-state index in [1.807, 2.05) is 0 Å². The number of hydrogen-bond donors (Lipinski definition) is 2. The van der Waals surface area contributed by atoms with E-state index in [0.717, 1.165) is 31.2 Å². The molecule has 2 aliphatic rings. The Hall–Kier alpha value is -1.40. The predicted molar refractivity (Wildman–Crippen MR) is 89.9 cm³/mol. The van der Waals surface area contributed by atoms with Crippen LogP contribution in [0.25, 0.3) is 0 Å². The predicted octanol–water partition coefficient (Wildman–Crippen LogP) is 3.13. The van der Waals surface area contributed by atoms with Crippen molar-refractivity contribution in [2.75, 3.05) is 5.32 Å². The van der Waals surface area contributed by atoms with Crippen LogP contribution in [0.2, 0.25) is 0 Å². The second-order valence-electron chi connectivity index (χ2n) is 6.62. The highest BCUT2D eigenvalue weighted by Crippen LogP contribution is 2.33. The lowest BCUT2D eigenvalue weighted by molar-refractivity contribution is -0.116. The first-order valence-corrected chi connectivity index (χ1v) is 9.93. The first-order valence-electron chi connectivity index (χ1n) is 8.44. The topological polar surface area (TPSA) is 75.3 Å². The number of anilines is 1. The summed E-state index contributed by atoms with van der Waals surface area (Å²) in [5.74, 6) is -0.385. The molecule has 0 saturated heterocycles. The zero-order chi connectivity index (χ0) is 16.4. The molecule has 1 atom stereocenters. The van der Waals surface area contributed by atoms with Crippen LogP contribution < -0.4 is 10.0 Å². The normalized spacial score (nSPS) is 23.0. The average Bonchev–Trinajstić information content (AvgIpc) is 2.76. The molecular formula is C17H24N2O3S. The fraction of sp³-hybridized carbons (Fsp3) is 0.588. The number of hydrogen-bond acceptors (Lipinski definition) is 3. The van der Waals surface area contributed by atoms with Crippen LogP contribution in [0.15, 0.2) is 23.1 Å². The molecular weight excluding hydrogens is 312 g/mol. The minimum atomic E-state index is -3.54. The lowest BCUT2D eigenvalue weighted by Crippen LogP contribution is -2.35. The van der Waals surface area contributed by atoms with Crippen LogP contribution in [0.3, 0.4) is 0 Å². The van der Waals surface area contributed by atoms with Crippen molar-refractivity contribution in [3.05, 3.63) is 23.8 Å². The van der Waals surface area contributed by atoms with Gasteiger partial charge in [-0.1, -0.05) is 32.1 Å². The molecule has 1 amide bonds. The Balaban J connectivity index is 1.78. The molecule has 1 saturated carbocycles. The molecule has 2 N–H and O–H groups in total. The zero-order valence-electron chi connectivity index (χ0n) is 13.5. The maximum Gasteiger partial charge on any atom is 0.240 e. The van der Waals surface area contributed by atoms with E-state index in [9.17, 15) is 13.2 Å². The fourth-order valence-corrected chi connectivity index (χ4v) is 4.76. The van der Waals surface area contributed by atoms with E-state index < -0.39 is 10.0 Å². The fourth-order valence-electron chi connectivity index (χ4n) is 3.42. The van der Waals surface area contributed by atoms with E-state index in [0.29, 0.717) is 5.69 Å². The molecule has 5 nitrogen and oxygen atoms in total. The van der Waals surface area contributed by atoms with Crippen molar-refractivity contribution in [2.45, 2.75) is 68.7 Å². The van der Waals surface area contributed by atoms with Crippen LogP contribution in [0.4, 0.5) is 5.69 Å². The lowest BCUT2D eigenvalue weighted by Gasteiger charge is -2.21. The Morgan fingerprint density at radius 3 is 2.43 bits per heavy atom. The number of fused-ring (bicyclic) bond motifs is 1. The molecule has 0 bridgehead atoms. The van der Waals surface area contributed by atoms with E-state index >= 15 is 0 Å². The second kappa shape index (κ2) is 6.61. The van der Waals surface area contributed by atoms with Crippen LogP contribution in [0.1, 0.15) is 63.4 Å². The van der Waals surface area contributed by atoms with Gasteiger partial charge in [-0.3, -0.25) is 4.79 Å². The summed E-state index contributed by atoms with van der Waals surface area (Å²) in [5.41, 5.74) is 1.47. The van der Waals surface area contributed by atoms with Crippen molar-refractivity contribution in [1.82, 2.24) is 4.72 Å². The molecule has 1 aliphatic heterocycles. The van der Waals surface area contributed by atoms with Gasteiger partial charge in [0.05, 0.1) is 10.8 Å². The summed E-state index contributed by atoms with van der Waals surface area (Å²) in [6, 6.07) is 4.90. The maximum atomic E-state index is 12.7. The first kappa shape index (κ1) is 16.5. The summed E-state index contributed by atoms with van der Waals surface area (Å²) in [6.07, 6.45) is 7.58. The molecule has 0 unspecified atom stereocenters. The molecule has 1 aromatic carbocycles. The zero-order valence-corrected chi connectivity index (χ0v) is 14.3. The van der Waals surface area contributed by atoms with Gasteiger partial charge in [0.15, 0.2) is 0 Å². The van der Waals surface area contributed by atoms with Crippen LogP contribution in [0, 0.1) is 0 Å². The van der Waals surface area contributed by atoms with Gasteiger partial charge in [-0.05, 0) is 43.5 Å². The van der Waals surface area contributed by atoms with Crippen molar-refractivity contribution in [2.24, 2.45) is 0 Å². The smallest absolute Gasteiger partial charge is 0.240 e. The monoisotopic (exact) mass is 336 g/mol. The highest BCUT2D eigenvalue weighted by molar-refractivity contribution is 7.89. The molecule has 6 heteroatoms. The SMILES string of the molecule is C[C@H]1C(=O)Nc2ccc(S(=O)(=O)NC3CCCCCCC3)cc21. The van der Waals surface area contributed by atoms with E-state index in [-0.39, 0.29) is 22.8 Å². The van der Waals surface area contributed by atoms with E-state index in [4.69, 9.17) is 0 Å². The lowest BCUT2D eigenvalue weighted by atomic mass is 9.97. The van der Waals surface area contributed by atoms with Gasteiger partial charge in [0.1, 0.15) is 0 Å². The molecule has 0 spiro atoms. The molecule has 1 heterocycles. The largest absolute Gasteiger partial charge is 0.325 e. The number of carbonyl (C=O) groups is 1. The van der Waals surface area contributed by atoms with Crippen LogP contribution in [-0.2, 0) is 14.8 Å². The molecule has 0 radical (unpaired) electrons. The van der Waals surface area contributed by atoms with Crippen LogP contribution in [0.5, 0.6) is 0 Å². The van der Waals surface area contributed by atoms with Crippen molar-refractivity contribution in [3.8, 4) is 0 Å². The number of benzene rings is 1. The van der Waals surface area contributed by atoms with Gasteiger partial charge >= 0.3 is 0 Å².